The van der Waals surface area contributed by atoms with Crippen LogP contribution in [-0.2, 0) is 5.41 Å². The molecule has 134 valence electrons. The van der Waals surface area contributed by atoms with E-state index >= 15 is 0 Å². The number of hydrogen-bond donors (Lipinski definition) is 2. The predicted octanol–water partition coefficient (Wildman–Crippen LogP) is 5.01. The van der Waals surface area contributed by atoms with Crippen molar-refractivity contribution >= 4 is 45.3 Å². The van der Waals surface area contributed by atoms with Gasteiger partial charge in [0.15, 0.2) is 5.13 Å². The molecule has 1 aromatic carbocycles. The van der Waals surface area contributed by atoms with Crippen LogP contribution < -0.4 is 10.6 Å². The first-order chi connectivity index (χ1) is 12.3. The average Bonchev–Trinajstić information content (AvgIpc) is 3.26. The van der Waals surface area contributed by atoms with Crippen LogP contribution >= 0.6 is 22.7 Å². The largest absolute Gasteiger partial charge is 0.321 e. The molecule has 0 fully saturated rings. The Balaban J connectivity index is 1.77. The van der Waals surface area contributed by atoms with Crippen molar-refractivity contribution in [3.05, 3.63) is 63.3 Å². The Morgan fingerprint density at radius 1 is 0.962 bits per heavy atom. The Kier molecular flexibility index (Phi) is 5.20. The third-order valence-corrected chi connectivity index (χ3v) is 5.28. The topological polar surface area (TPSA) is 71.1 Å². The number of carbonyl (C=O) groups excluding carboxylic acids is 2. The smallest absolute Gasteiger partial charge is 0.265 e. The molecule has 5 nitrogen and oxygen atoms in total. The first-order valence-electron chi connectivity index (χ1n) is 8.06. The van der Waals surface area contributed by atoms with Crippen LogP contribution in [0.2, 0.25) is 0 Å². The van der Waals surface area contributed by atoms with E-state index in [0.29, 0.717) is 21.3 Å². The molecule has 3 rings (SSSR count). The van der Waals surface area contributed by atoms with Crippen LogP contribution in [0.4, 0.5) is 10.8 Å². The summed E-state index contributed by atoms with van der Waals surface area (Å²) in [6, 6.07) is 10.5. The molecule has 0 spiro atoms. The molecular weight excluding hydrogens is 366 g/mol. The van der Waals surface area contributed by atoms with E-state index < -0.39 is 0 Å². The molecule has 2 aromatic heterocycles. The summed E-state index contributed by atoms with van der Waals surface area (Å²) in [5.74, 6) is -0.536. The summed E-state index contributed by atoms with van der Waals surface area (Å²) in [6.45, 7) is 6.22. The van der Waals surface area contributed by atoms with Gasteiger partial charge in [0.1, 0.15) is 0 Å². The highest BCUT2D eigenvalue weighted by molar-refractivity contribution is 7.14. The van der Waals surface area contributed by atoms with Gasteiger partial charge in [0.25, 0.3) is 11.8 Å². The van der Waals surface area contributed by atoms with Crippen molar-refractivity contribution < 1.29 is 9.59 Å². The van der Waals surface area contributed by atoms with Crippen molar-refractivity contribution in [2.45, 2.75) is 26.2 Å². The quantitative estimate of drug-likeness (QED) is 0.663. The van der Waals surface area contributed by atoms with E-state index in [2.05, 4.69) is 36.4 Å². The first-order valence-corrected chi connectivity index (χ1v) is 9.82. The summed E-state index contributed by atoms with van der Waals surface area (Å²) in [5, 5.41) is 9.94. The zero-order chi connectivity index (χ0) is 18.7. The summed E-state index contributed by atoms with van der Waals surface area (Å²) in [6.07, 6.45) is 0. The fourth-order valence-corrected chi connectivity index (χ4v) is 3.77. The Morgan fingerprint density at radius 2 is 1.73 bits per heavy atom. The number of hydrogen-bond acceptors (Lipinski definition) is 5. The number of amides is 2. The van der Waals surface area contributed by atoms with Gasteiger partial charge in [0.2, 0.25) is 0 Å². The van der Waals surface area contributed by atoms with Gasteiger partial charge in [-0.25, -0.2) is 4.98 Å². The molecule has 0 atom stereocenters. The first kappa shape index (κ1) is 18.3. The van der Waals surface area contributed by atoms with Gasteiger partial charge in [-0.3, -0.25) is 14.9 Å². The lowest BCUT2D eigenvalue weighted by Crippen LogP contribution is -2.18. The fourth-order valence-electron chi connectivity index (χ4n) is 2.22. The maximum atomic E-state index is 12.7. The van der Waals surface area contributed by atoms with Gasteiger partial charge >= 0.3 is 0 Å². The molecule has 0 saturated heterocycles. The van der Waals surface area contributed by atoms with Gasteiger partial charge in [-0.05, 0) is 23.6 Å². The number of aromatic nitrogens is 1. The molecular formula is C19H19N3O2S2. The van der Waals surface area contributed by atoms with Crippen molar-refractivity contribution in [1.29, 1.82) is 0 Å². The third kappa shape index (κ3) is 4.17. The van der Waals surface area contributed by atoms with E-state index in [0.717, 1.165) is 5.69 Å². The van der Waals surface area contributed by atoms with E-state index in [1.807, 2.05) is 16.8 Å². The number of para-hydroxylation sites is 1. The fraction of sp³-hybridized carbons (Fsp3) is 0.211. The van der Waals surface area contributed by atoms with Crippen LogP contribution in [0, 0.1) is 0 Å². The van der Waals surface area contributed by atoms with Gasteiger partial charge in [-0.2, -0.15) is 0 Å². The van der Waals surface area contributed by atoms with Crippen LogP contribution in [0.3, 0.4) is 0 Å². The zero-order valence-corrected chi connectivity index (χ0v) is 16.3. The molecule has 0 radical (unpaired) electrons. The van der Waals surface area contributed by atoms with Crippen molar-refractivity contribution in [2.24, 2.45) is 0 Å². The highest BCUT2D eigenvalue weighted by atomic mass is 32.1. The average molecular weight is 386 g/mol. The predicted molar refractivity (Wildman–Crippen MR) is 107 cm³/mol. The Labute approximate surface area is 160 Å². The Morgan fingerprint density at radius 3 is 2.38 bits per heavy atom. The minimum absolute atomic E-state index is 0.0773. The van der Waals surface area contributed by atoms with Gasteiger partial charge < -0.3 is 5.32 Å². The number of nitrogens with one attached hydrogen (secondary N) is 2. The number of thiazole rings is 1. The summed E-state index contributed by atoms with van der Waals surface area (Å²) in [5.41, 5.74) is 1.71. The summed E-state index contributed by atoms with van der Waals surface area (Å²) in [4.78, 5) is 30.0. The standard InChI is InChI=1S/C19H19N3O2S2/c1-19(2,3)15-11-26-18(21-15)22-16(23)12-7-4-5-8-13(12)20-17(24)14-9-6-10-25-14/h4-11H,1-3H3,(H,20,24)(H,21,22,23). The van der Waals surface area contributed by atoms with E-state index in [4.69, 9.17) is 0 Å². The lowest BCUT2D eigenvalue weighted by atomic mass is 9.93. The second-order valence-corrected chi connectivity index (χ2v) is 8.52. The van der Waals surface area contributed by atoms with Crippen LogP contribution in [0.1, 0.15) is 46.5 Å². The molecule has 0 aliphatic carbocycles. The van der Waals surface area contributed by atoms with Gasteiger partial charge in [0, 0.05) is 10.8 Å². The Hall–Kier alpha value is -2.51. The lowest BCUT2D eigenvalue weighted by Gasteiger charge is -2.14. The second-order valence-electron chi connectivity index (χ2n) is 6.72. The Bertz CT molecular complexity index is 924. The van der Waals surface area contributed by atoms with E-state index in [1.165, 1.54) is 22.7 Å². The maximum Gasteiger partial charge on any atom is 0.265 e. The molecule has 0 aliphatic rings. The minimum Gasteiger partial charge on any atom is -0.321 e. The van der Waals surface area contributed by atoms with E-state index in [9.17, 15) is 9.59 Å². The van der Waals surface area contributed by atoms with E-state index in [-0.39, 0.29) is 17.2 Å². The molecule has 2 heterocycles. The number of anilines is 2. The van der Waals surface area contributed by atoms with Crippen molar-refractivity contribution in [3.8, 4) is 0 Å². The number of rotatable bonds is 4. The molecule has 0 bridgehead atoms. The normalized spacial score (nSPS) is 11.2. The van der Waals surface area contributed by atoms with Gasteiger partial charge in [0.05, 0.1) is 21.8 Å². The SMILES string of the molecule is CC(C)(C)c1csc(NC(=O)c2ccccc2NC(=O)c2cccs2)n1. The molecule has 7 heteroatoms. The van der Waals surface area contributed by atoms with Crippen molar-refractivity contribution in [3.63, 3.8) is 0 Å². The van der Waals surface area contributed by atoms with Crippen molar-refractivity contribution in [2.75, 3.05) is 10.6 Å². The highest BCUT2D eigenvalue weighted by Gasteiger charge is 2.19. The molecule has 26 heavy (non-hydrogen) atoms. The van der Waals surface area contributed by atoms with E-state index in [1.54, 1.807) is 30.3 Å². The number of benzene rings is 1. The number of carbonyl (C=O) groups is 2. The zero-order valence-electron chi connectivity index (χ0n) is 14.7. The van der Waals surface area contributed by atoms with Crippen LogP contribution in [-0.4, -0.2) is 16.8 Å². The van der Waals surface area contributed by atoms with Crippen LogP contribution in [0.15, 0.2) is 47.2 Å². The summed E-state index contributed by atoms with van der Waals surface area (Å²) >= 11 is 2.74. The number of nitrogens with zero attached hydrogens (tertiary/aromatic N) is 1. The lowest BCUT2D eigenvalue weighted by molar-refractivity contribution is 0.102. The van der Waals surface area contributed by atoms with Gasteiger partial charge in [-0.15, -0.1) is 22.7 Å². The van der Waals surface area contributed by atoms with Crippen LogP contribution in [0.25, 0.3) is 0 Å². The monoisotopic (exact) mass is 385 g/mol. The molecule has 2 amide bonds. The minimum atomic E-state index is -0.304. The van der Waals surface area contributed by atoms with Crippen molar-refractivity contribution in [1.82, 2.24) is 4.98 Å². The molecule has 0 unspecified atom stereocenters. The molecule has 0 saturated carbocycles. The molecule has 2 N–H and O–H groups in total. The van der Waals surface area contributed by atoms with Gasteiger partial charge in [-0.1, -0.05) is 39.0 Å². The third-order valence-electron chi connectivity index (χ3n) is 3.66. The maximum absolute atomic E-state index is 12.7. The second kappa shape index (κ2) is 7.39. The molecule has 0 aliphatic heterocycles. The highest BCUT2D eigenvalue weighted by Crippen LogP contribution is 2.27. The number of thiophene rings is 1. The van der Waals surface area contributed by atoms with Crippen LogP contribution in [0.5, 0.6) is 0 Å². The summed E-state index contributed by atoms with van der Waals surface area (Å²) < 4.78 is 0. The summed E-state index contributed by atoms with van der Waals surface area (Å²) in [7, 11) is 0. The molecule has 3 aromatic rings.